The van der Waals surface area contributed by atoms with Crippen molar-refractivity contribution >= 4 is 21.7 Å². The molecule has 2 rings (SSSR count). The van der Waals surface area contributed by atoms with Gasteiger partial charge in [0.15, 0.2) is 11.6 Å². The minimum Gasteiger partial charge on any atom is -0.482 e. The zero-order valence-electron chi connectivity index (χ0n) is 9.17. The Morgan fingerprint density at radius 3 is 2.71 bits per heavy atom. The largest absolute Gasteiger partial charge is 0.482 e. The predicted molar refractivity (Wildman–Crippen MR) is 67.4 cm³/mol. The van der Waals surface area contributed by atoms with E-state index in [-0.39, 0.29) is 6.10 Å². The van der Waals surface area contributed by atoms with Crippen LogP contribution in [0.3, 0.4) is 0 Å². The number of hydrogen-bond donors (Lipinski definition) is 1. The Morgan fingerprint density at radius 1 is 1.29 bits per heavy atom. The fraction of sp³-hybridized carbons (Fsp3) is 0.182. The molecule has 5 nitrogen and oxygen atoms in total. The molecule has 0 aliphatic heterocycles. The van der Waals surface area contributed by atoms with E-state index in [1.54, 1.807) is 24.7 Å². The van der Waals surface area contributed by atoms with Crippen molar-refractivity contribution in [2.75, 3.05) is 5.73 Å². The molecule has 0 spiro atoms. The fourth-order valence-electron chi connectivity index (χ4n) is 1.30. The molecule has 0 amide bonds. The van der Waals surface area contributed by atoms with E-state index in [0.717, 1.165) is 10.0 Å². The minimum absolute atomic E-state index is 0.186. The van der Waals surface area contributed by atoms with Crippen LogP contribution < -0.4 is 10.5 Å². The fourth-order valence-corrected chi connectivity index (χ4v) is 1.62. The van der Waals surface area contributed by atoms with Crippen LogP contribution in [0.25, 0.3) is 0 Å². The summed E-state index contributed by atoms with van der Waals surface area (Å²) in [6, 6.07) is 1.78. The third kappa shape index (κ3) is 2.91. The number of ether oxygens (including phenoxy) is 1. The highest BCUT2D eigenvalue weighted by Crippen LogP contribution is 2.27. The van der Waals surface area contributed by atoms with Crippen molar-refractivity contribution in [1.29, 1.82) is 0 Å². The first-order valence-corrected chi connectivity index (χ1v) is 5.78. The molecular weight excluding hydrogens is 284 g/mol. The molecule has 0 saturated carbocycles. The Labute approximate surface area is 107 Å². The Bertz CT molecular complexity index is 506. The van der Waals surface area contributed by atoms with Gasteiger partial charge in [0.2, 0.25) is 0 Å². The van der Waals surface area contributed by atoms with Crippen molar-refractivity contribution in [3.63, 3.8) is 0 Å². The second-order valence-corrected chi connectivity index (χ2v) is 4.38. The number of nitrogens with two attached hydrogens (primary N) is 1. The quantitative estimate of drug-likeness (QED) is 0.941. The Kier molecular flexibility index (Phi) is 3.53. The maximum atomic E-state index is 5.73. The molecule has 6 heteroatoms. The molecule has 2 aromatic heterocycles. The number of nitrogens with zero attached hydrogens (tertiary/aromatic N) is 3. The lowest BCUT2D eigenvalue weighted by Crippen LogP contribution is -2.06. The van der Waals surface area contributed by atoms with E-state index in [1.165, 1.54) is 6.33 Å². The van der Waals surface area contributed by atoms with Crippen LogP contribution in [0.1, 0.15) is 18.6 Å². The highest BCUT2D eigenvalue weighted by Gasteiger charge is 2.10. The summed E-state index contributed by atoms with van der Waals surface area (Å²) in [5.74, 6) is 0.896. The summed E-state index contributed by atoms with van der Waals surface area (Å²) in [7, 11) is 0. The van der Waals surface area contributed by atoms with Gasteiger partial charge in [-0.25, -0.2) is 15.0 Å². The molecule has 0 aliphatic carbocycles. The lowest BCUT2D eigenvalue weighted by atomic mass is 10.2. The second kappa shape index (κ2) is 5.09. The zero-order chi connectivity index (χ0) is 12.3. The summed E-state index contributed by atoms with van der Waals surface area (Å²) in [6.07, 6.45) is 6.33. The van der Waals surface area contributed by atoms with Gasteiger partial charge in [-0.05, 0) is 28.9 Å². The van der Waals surface area contributed by atoms with Gasteiger partial charge in [-0.3, -0.25) is 0 Å². The van der Waals surface area contributed by atoms with Crippen molar-refractivity contribution in [1.82, 2.24) is 15.0 Å². The lowest BCUT2D eigenvalue weighted by molar-refractivity contribution is 0.226. The number of aromatic nitrogens is 3. The van der Waals surface area contributed by atoms with Crippen LogP contribution >= 0.6 is 15.9 Å². The van der Waals surface area contributed by atoms with Crippen molar-refractivity contribution in [2.45, 2.75) is 13.0 Å². The van der Waals surface area contributed by atoms with Gasteiger partial charge in [0.1, 0.15) is 12.4 Å². The molecule has 0 bridgehead atoms. The monoisotopic (exact) mass is 294 g/mol. The van der Waals surface area contributed by atoms with Gasteiger partial charge < -0.3 is 10.5 Å². The van der Waals surface area contributed by atoms with Crippen LogP contribution in [0.5, 0.6) is 5.75 Å². The molecule has 0 radical (unpaired) electrons. The van der Waals surface area contributed by atoms with Gasteiger partial charge in [-0.15, -0.1) is 0 Å². The summed E-state index contributed by atoms with van der Waals surface area (Å²) >= 11 is 3.32. The number of pyridine rings is 1. The highest BCUT2D eigenvalue weighted by molar-refractivity contribution is 9.10. The van der Waals surface area contributed by atoms with Gasteiger partial charge in [-0.2, -0.15) is 0 Å². The molecule has 2 heterocycles. The van der Waals surface area contributed by atoms with Crippen molar-refractivity contribution in [2.24, 2.45) is 0 Å². The molecule has 0 fully saturated rings. The number of rotatable bonds is 3. The highest BCUT2D eigenvalue weighted by atomic mass is 79.9. The maximum absolute atomic E-state index is 5.73. The number of hydrogen-bond acceptors (Lipinski definition) is 5. The van der Waals surface area contributed by atoms with Crippen molar-refractivity contribution in [3.8, 4) is 5.75 Å². The topological polar surface area (TPSA) is 73.9 Å². The molecule has 88 valence electrons. The summed E-state index contributed by atoms with van der Waals surface area (Å²) < 4.78 is 6.53. The number of nitrogen functional groups attached to an aromatic ring is 1. The van der Waals surface area contributed by atoms with Crippen LogP contribution in [-0.4, -0.2) is 15.0 Å². The van der Waals surface area contributed by atoms with Gasteiger partial charge in [0, 0.05) is 28.6 Å². The summed E-state index contributed by atoms with van der Waals surface area (Å²) in [5, 5.41) is 0. The second-order valence-electron chi connectivity index (χ2n) is 3.47. The van der Waals surface area contributed by atoms with Crippen LogP contribution in [0.4, 0.5) is 5.82 Å². The van der Waals surface area contributed by atoms with E-state index >= 15 is 0 Å². The molecule has 0 saturated heterocycles. The van der Waals surface area contributed by atoms with E-state index in [4.69, 9.17) is 10.5 Å². The number of anilines is 1. The smallest absolute Gasteiger partial charge is 0.166 e. The van der Waals surface area contributed by atoms with E-state index in [9.17, 15) is 0 Å². The first-order chi connectivity index (χ1) is 8.16. The lowest BCUT2D eigenvalue weighted by Gasteiger charge is -2.15. The van der Waals surface area contributed by atoms with Crippen LogP contribution in [0.2, 0.25) is 0 Å². The SMILES string of the molecule is C[C@H](Oc1cc(Br)cnc1N)c1cncnc1. The van der Waals surface area contributed by atoms with Crippen LogP contribution in [0.15, 0.2) is 35.5 Å². The van der Waals surface area contributed by atoms with Gasteiger partial charge in [0.25, 0.3) is 0 Å². The van der Waals surface area contributed by atoms with Crippen LogP contribution in [0, 0.1) is 0 Å². The standard InChI is InChI=1S/C11H11BrN4O/c1-7(8-3-14-6-15-4-8)17-10-2-9(12)5-16-11(10)13/h2-7H,1H3,(H2,13,16)/t7-/m0/s1. The van der Waals surface area contributed by atoms with Gasteiger partial charge >= 0.3 is 0 Å². The molecule has 17 heavy (non-hydrogen) atoms. The first kappa shape index (κ1) is 11.8. The maximum Gasteiger partial charge on any atom is 0.166 e. The third-order valence-corrected chi connectivity index (χ3v) is 2.64. The van der Waals surface area contributed by atoms with E-state index < -0.39 is 0 Å². The van der Waals surface area contributed by atoms with Crippen LogP contribution in [-0.2, 0) is 0 Å². The normalized spacial score (nSPS) is 12.1. The Hall–Kier alpha value is -1.69. The average molecular weight is 295 g/mol. The molecule has 2 aromatic rings. The summed E-state index contributed by atoms with van der Waals surface area (Å²) in [6.45, 7) is 1.90. The molecule has 0 unspecified atom stereocenters. The molecular formula is C11H11BrN4O. The van der Waals surface area contributed by atoms with Crippen molar-refractivity contribution < 1.29 is 4.74 Å². The Morgan fingerprint density at radius 2 is 2.00 bits per heavy atom. The summed E-state index contributed by atoms with van der Waals surface area (Å²) in [5.41, 5.74) is 6.61. The van der Waals surface area contributed by atoms with E-state index in [2.05, 4.69) is 30.9 Å². The summed E-state index contributed by atoms with van der Waals surface area (Å²) in [4.78, 5) is 11.9. The van der Waals surface area contributed by atoms with Gasteiger partial charge in [-0.1, -0.05) is 0 Å². The minimum atomic E-state index is -0.186. The average Bonchev–Trinajstić information content (AvgIpc) is 2.35. The van der Waals surface area contributed by atoms with E-state index in [0.29, 0.717) is 11.6 Å². The van der Waals surface area contributed by atoms with Gasteiger partial charge in [0.05, 0.1) is 0 Å². The molecule has 0 aromatic carbocycles. The van der Waals surface area contributed by atoms with E-state index in [1.807, 2.05) is 6.92 Å². The molecule has 0 aliphatic rings. The molecule has 2 N–H and O–H groups in total. The zero-order valence-corrected chi connectivity index (χ0v) is 10.8. The predicted octanol–water partition coefficient (Wildman–Crippen LogP) is 2.36. The van der Waals surface area contributed by atoms with Crippen molar-refractivity contribution in [3.05, 3.63) is 41.0 Å². The Balaban J connectivity index is 2.18. The number of halogens is 1. The molecule has 1 atom stereocenters. The third-order valence-electron chi connectivity index (χ3n) is 2.20. The first-order valence-electron chi connectivity index (χ1n) is 4.99.